The Morgan fingerprint density at radius 2 is 1.88 bits per heavy atom. The van der Waals surface area contributed by atoms with Crippen LogP contribution in [0.4, 0.5) is 0 Å². The van der Waals surface area contributed by atoms with Crippen LogP contribution in [0.15, 0.2) is 24.3 Å². The van der Waals surface area contributed by atoms with Gasteiger partial charge < -0.3 is 10.5 Å². The number of hydrogen-bond donors (Lipinski definition) is 1. The minimum Gasteiger partial charge on any atom is -0.497 e. The number of amides is 1. The minimum atomic E-state index is -0.265. The second kappa shape index (κ2) is 5.54. The standard InChI is InChI=1S/C13H19NO2/c1-9(2)8-12(13(14)15)10-4-6-11(16-3)7-5-10/h4-7,9,12H,8H2,1-3H3,(H2,14,15). The van der Waals surface area contributed by atoms with Crippen LogP contribution < -0.4 is 10.5 Å². The summed E-state index contributed by atoms with van der Waals surface area (Å²) in [5, 5.41) is 0. The van der Waals surface area contributed by atoms with Gasteiger partial charge in [0, 0.05) is 0 Å². The van der Waals surface area contributed by atoms with Crippen molar-refractivity contribution in [3.8, 4) is 5.75 Å². The number of methoxy groups -OCH3 is 1. The maximum Gasteiger partial charge on any atom is 0.224 e. The Hall–Kier alpha value is -1.51. The highest BCUT2D eigenvalue weighted by atomic mass is 16.5. The van der Waals surface area contributed by atoms with Gasteiger partial charge in [0.05, 0.1) is 13.0 Å². The number of hydrogen-bond acceptors (Lipinski definition) is 2. The van der Waals surface area contributed by atoms with Gasteiger partial charge in [-0.3, -0.25) is 4.79 Å². The van der Waals surface area contributed by atoms with E-state index in [0.29, 0.717) is 5.92 Å². The summed E-state index contributed by atoms with van der Waals surface area (Å²) in [6.07, 6.45) is 0.779. The van der Waals surface area contributed by atoms with Gasteiger partial charge in [0.1, 0.15) is 5.75 Å². The molecule has 3 heteroatoms. The molecule has 1 amide bonds. The van der Waals surface area contributed by atoms with Crippen molar-refractivity contribution in [2.24, 2.45) is 11.7 Å². The quantitative estimate of drug-likeness (QED) is 0.829. The Bertz CT molecular complexity index is 343. The molecule has 0 bridgehead atoms. The zero-order valence-corrected chi connectivity index (χ0v) is 10.1. The molecular weight excluding hydrogens is 202 g/mol. The first-order valence-electron chi connectivity index (χ1n) is 5.48. The fraction of sp³-hybridized carbons (Fsp3) is 0.462. The lowest BCUT2D eigenvalue weighted by atomic mass is 9.90. The second-order valence-corrected chi connectivity index (χ2v) is 4.36. The first-order chi connectivity index (χ1) is 7.54. The van der Waals surface area contributed by atoms with Crippen LogP contribution in [0.2, 0.25) is 0 Å². The Balaban J connectivity index is 2.88. The lowest BCUT2D eigenvalue weighted by Gasteiger charge is -2.16. The van der Waals surface area contributed by atoms with Gasteiger partial charge in [0.15, 0.2) is 0 Å². The number of benzene rings is 1. The number of nitrogens with two attached hydrogens (primary N) is 1. The van der Waals surface area contributed by atoms with Crippen molar-refractivity contribution in [2.45, 2.75) is 26.2 Å². The number of primary amides is 1. The third kappa shape index (κ3) is 3.26. The monoisotopic (exact) mass is 221 g/mol. The van der Waals surface area contributed by atoms with Crippen LogP contribution in [0.3, 0.4) is 0 Å². The summed E-state index contributed by atoms with van der Waals surface area (Å²) in [5.41, 5.74) is 6.38. The Kier molecular flexibility index (Phi) is 4.35. The average Bonchev–Trinajstić information content (AvgIpc) is 2.25. The predicted molar refractivity (Wildman–Crippen MR) is 64.4 cm³/mol. The maximum absolute atomic E-state index is 11.4. The molecule has 1 atom stereocenters. The highest BCUT2D eigenvalue weighted by molar-refractivity contribution is 5.81. The summed E-state index contributed by atoms with van der Waals surface area (Å²) in [4.78, 5) is 11.4. The van der Waals surface area contributed by atoms with Gasteiger partial charge in [0.25, 0.3) is 0 Å². The van der Waals surface area contributed by atoms with E-state index in [1.165, 1.54) is 0 Å². The minimum absolute atomic E-state index is 0.203. The number of rotatable bonds is 5. The van der Waals surface area contributed by atoms with Gasteiger partial charge in [-0.05, 0) is 30.0 Å². The van der Waals surface area contributed by atoms with Gasteiger partial charge in [-0.25, -0.2) is 0 Å². The Labute approximate surface area is 96.6 Å². The zero-order chi connectivity index (χ0) is 12.1. The largest absolute Gasteiger partial charge is 0.497 e. The number of carbonyl (C=O) groups is 1. The SMILES string of the molecule is COc1ccc(C(CC(C)C)C(N)=O)cc1. The molecule has 16 heavy (non-hydrogen) atoms. The molecule has 0 spiro atoms. The first kappa shape index (κ1) is 12.6. The van der Waals surface area contributed by atoms with E-state index in [0.717, 1.165) is 17.7 Å². The number of ether oxygens (including phenoxy) is 1. The molecule has 88 valence electrons. The molecule has 0 heterocycles. The summed E-state index contributed by atoms with van der Waals surface area (Å²) >= 11 is 0. The van der Waals surface area contributed by atoms with Crippen molar-refractivity contribution >= 4 is 5.91 Å². The van der Waals surface area contributed by atoms with Crippen molar-refractivity contribution in [2.75, 3.05) is 7.11 Å². The molecule has 0 aliphatic heterocycles. The molecule has 3 nitrogen and oxygen atoms in total. The number of carbonyl (C=O) groups excluding carboxylic acids is 1. The molecule has 1 aromatic carbocycles. The van der Waals surface area contributed by atoms with E-state index >= 15 is 0 Å². The molecule has 1 rings (SSSR count). The highest BCUT2D eigenvalue weighted by Gasteiger charge is 2.18. The Morgan fingerprint density at radius 1 is 1.31 bits per heavy atom. The fourth-order valence-electron chi connectivity index (χ4n) is 1.72. The molecule has 0 saturated carbocycles. The lowest BCUT2D eigenvalue weighted by Crippen LogP contribution is -2.22. The van der Waals surface area contributed by atoms with E-state index in [4.69, 9.17) is 10.5 Å². The van der Waals surface area contributed by atoms with E-state index < -0.39 is 0 Å². The third-order valence-corrected chi connectivity index (χ3v) is 2.57. The fourth-order valence-corrected chi connectivity index (χ4v) is 1.72. The molecule has 1 unspecified atom stereocenters. The molecule has 1 aromatic rings. The van der Waals surface area contributed by atoms with Crippen LogP contribution in [-0.2, 0) is 4.79 Å². The molecule has 0 radical (unpaired) electrons. The summed E-state index contributed by atoms with van der Waals surface area (Å²) in [5.74, 6) is 0.765. The van der Waals surface area contributed by atoms with Crippen LogP contribution in [-0.4, -0.2) is 13.0 Å². The molecule has 0 aliphatic carbocycles. The lowest BCUT2D eigenvalue weighted by molar-refractivity contribution is -0.119. The van der Waals surface area contributed by atoms with Crippen LogP contribution >= 0.6 is 0 Å². The van der Waals surface area contributed by atoms with Gasteiger partial charge in [0.2, 0.25) is 5.91 Å². The van der Waals surface area contributed by atoms with Crippen molar-refractivity contribution in [1.29, 1.82) is 0 Å². The third-order valence-electron chi connectivity index (χ3n) is 2.57. The summed E-state index contributed by atoms with van der Waals surface area (Å²) in [7, 11) is 1.62. The Morgan fingerprint density at radius 3 is 2.25 bits per heavy atom. The van der Waals surface area contributed by atoms with E-state index in [1.54, 1.807) is 7.11 Å². The van der Waals surface area contributed by atoms with Gasteiger partial charge in [-0.15, -0.1) is 0 Å². The van der Waals surface area contributed by atoms with Crippen molar-refractivity contribution in [3.63, 3.8) is 0 Å². The van der Waals surface area contributed by atoms with E-state index in [1.807, 2.05) is 24.3 Å². The predicted octanol–water partition coefficient (Wildman–Crippen LogP) is 2.31. The van der Waals surface area contributed by atoms with Crippen LogP contribution in [0.25, 0.3) is 0 Å². The normalized spacial score (nSPS) is 12.5. The average molecular weight is 221 g/mol. The first-order valence-corrected chi connectivity index (χ1v) is 5.48. The van der Waals surface area contributed by atoms with Crippen molar-refractivity contribution < 1.29 is 9.53 Å². The van der Waals surface area contributed by atoms with Crippen LogP contribution in [0, 0.1) is 5.92 Å². The topological polar surface area (TPSA) is 52.3 Å². The maximum atomic E-state index is 11.4. The second-order valence-electron chi connectivity index (χ2n) is 4.36. The van der Waals surface area contributed by atoms with E-state index in [9.17, 15) is 4.79 Å². The van der Waals surface area contributed by atoms with E-state index in [-0.39, 0.29) is 11.8 Å². The van der Waals surface area contributed by atoms with Gasteiger partial charge in [-0.2, -0.15) is 0 Å². The smallest absolute Gasteiger partial charge is 0.224 e. The molecule has 0 saturated heterocycles. The van der Waals surface area contributed by atoms with Crippen LogP contribution in [0.1, 0.15) is 31.7 Å². The van der Waals surface area contributed by atoms with Gasteiger partial charge >= 0.3 is 0 Å². The van der Waals surface area contributed by atoms with Crippen molar-refractivity contribution in [3.05, 3.63) is 29.8 Å². The zero-order valence-electron chi connectivity index (χ0n) is 10.1. The molecule has 2 N–H and O–H groups in total. The molecule has 0 aromatic heterocycles. The molecular formula is C13H19NO2. The summed E-state index contributed by atoms with van der Waals surface area (Å²) in [6.45, 7) is 4.17. The van der Waals surface area contributed by atoms with Gasteiger partial charge in [-0.1, -0.05) is 26.0 Å². The summed E-state index contributed by atoms with van der Waals surface area (Å²) in [6, 6.07) is 7.50. The highest BCUT2D eigenvalue weighted by Crippen LogP contribution is 2.25. The summed E-state index contributed by atoms with van der Waals surface area (Å²) < 4.78 is 5.07. The molecule has 0 aliphatic rings. The van der Waals surface area contributed by atoms with E-state index in [2.05, 4.69) is 13.8 Å². The molecule has 0 fully saturated rings. The van der Waals surface area contributed by atoms with Crippen molar-refractivity contribution in [1.82, 2.24) is 0 Å². The van der Waals surface area contributed by atoms with Crippen LogP contribution in [0.5, 0.6) is 5.75 Å².